The molecule has 1 N–H and O–H groups in total. The fourth-order valence-corrected chi connectivity index (χ4v) is 1.34. The molecule has 0 aromatic carbocycles. The van der Waals surface area contributed by atoms with Crippen LogP contribution in [0.5, 0.6) is 0 Å². The van der Waals surface area contributed by atoms with Crippen LogP contribution in [0, 0.1) is 0 Å². The van der Waals surface area contributed by atoms with E-state index in [0.717, 1.165) is 11.6 Å². The highest BCUT2D eigenvalue weighted by atomic mass is 19.4. The first-order chi connectivity index (χ1) is 6.07. The van der Waals surface area contributed by atoms with Crippen molar-refractivity contribution in [1.82, 2.24) is 10.3 Å². The van der Waals surface area contributed by atoms with Crippen molar-refractivity contribution in [2.24, 2.45) is 0 Å². The second-order valence-electron chi connectivity index (χ2n) is 2.94. The van der Waals surface area contributed by atoms with E-state index in [9.17, 15) is 13.2 Å². The number of aromatic nitrogens is 1. The van der Waals surface area contributed by atoms with Crippen LogP contribution in [0.25, 0.3) is 0 Å². The molecular formula is C8H7F3N2. The maximum Gasteiger partial charge on any atom is 0.433 e. The normalized spacial score (nSPS) is 15.9. The van der Waals surface area contributed by atoms with Gasteiger partial charge in [0.05, 0.1) is 0 Å². The lowest BCUT2D eigenvalue weighted by atomic mass is 10.1. The smallest absolute Gasteiger partial charge is 0.309 e. The lowest BCUT2D eigenvalue weighted by molar-refractivity contribution is -0.141. The molecule has 0 aliphatic carbocycles. The Labute approximate surface area is 72.8 Å². The summed E-state index contributed by atoms with van der Waals surface area (Å²) in [7, 11) is 0. The van der Waals surface area contributed by atoms with Crippen LogP contribution in [-0.2, 0) is 19.3 Å². The van der Waals surface area contributed by atoms with Crippen molar-refractivity contribution < 1.29 is 13.2 Å². The molecule has 1 aromatic rings. The average Bonchev–Trinajstić information content (AvgIpc) is 2.47. The summed E-state index contributed by atoms with van der Waals surface area (Å²) in [4.78, 5) is 3.36. The van der Waals surface area contributed by atoms with Crippen LogP contribution in [0.4, 0.5) is 13.2 Å². The van der Waals surface area contributed by atoms with E-state index in [-0.39, 0.29) is 0 Å². The van der Waals surface area contributed by atoms with Crippen LogP contribution in [0.1, 0.15) is 16.8 Å². The lowest BCUT2D eigenvalue weighted by Crippen LogP contribution is -2.08. The third-order valence-corrected chi connectivity index (χ3v) is 2.00. The number of hydrogen-bond donors (Lipinski definition) is 1. The fourth-order valence-electron chi connectivity index (χ4n) is 1.34. The van der Waals surface area contributed by atoms with E-state index < -0.39 is 11.9 Å². The summed E-state index contributed by atoms with van der Waals surface area (Å²) in [5.41, 5.74) is 0.741. The molecule has 1 aliphatic heterocycles. The number of pyridine rings is 1. The predicted molar refractivity (Wildman–Crippen MR) is 39.8 cm³/mol. The fraction of sp³-hybridized carbons (Fsp3) is 0.375. The molecule has 0 saturated heterocycles. The van der Waals surface area contributed by atoms with Gasteiger partial charge in [-0.15, -0.1) is 0 Å². The van der Waals surface area contributed by atoms with Gasteiger partial charge in [0.25, 0.3) is 0 Å². The Balaban J connectivity index is 2.42. The van der Waals surface area contributed by atoms with Gasteiger partial charge in [0.15, 0.2) is 0 Å². The van der Waals surface area contributed by atoms with E-state index in [0.29, 0.717) is 18.7 Å². The number of nitrogens with zero attached hydrogens (tertiary/aromatic N) is 1. The largest absolute Gasteiger partial charge is 0.433 e. The summed E-state index contributed by atoms with van der Waals surface area (Å²) < 4.78 is 36.5. The van der Waals surface area contributed by atoms with E-state index in [1.54, 1.807) is 0 Å². The van der Waals surface area contributed by atoms with Crippen molar-refractivity contribution in [3.63, 3.8) is 0 Å². The van der Waals surface area contributed by atoms with Gasteiger partial charge in [0, 0.05) is 19.3 Å². The zero-order valence-electron chi connectivity index (χ0n) is 6.65. The molecule has 0 atom stereocenters. The molecule has 0 unspecified atom stereocenters. The highest BCUT2D eigenvalue weighted by molar-refractivity contribution is 5.30. The molecule has 2 heterocycles. The minimum absolute atomic E-state index is 0.501. The van der Waals surface area contributed by atoms with Crippen molar-refractivity contribution in [2.75, 3.05) is 0 Å². The van der Waals surface area contributed by atoms with E-state index in [1.807, 2.05) is 0 Å². The molecule has 0 radical (unpaired) electrons. The van der Waals surface area contributed by atoms with Gasteiger partial charge in [-0.25, -0.2) is 0 Å². The molecule has 5 heteroatoms. The van der Waals surface area contributed by atoms with E-state index >= 15 is 0 Å². The van der Waals surface area contributed by atoms with Gasteiger partial charge in [-0.2, -0.15) is 13.2 Å². The number of nitrogens with one attached hydrogen (secondary N) is 1. The van der Waals surface area contributed by atoms with Crippen LogP contribution in [-0.4, -0.2) is 4.98 Å². The number of rotatable bonds is 0. The Kier molecular flexibility index (Phi) is 1.76. The first-order valence-electron chi connectivity index (χ1n) is 3.83. The summed E-state index contributed by atoms with van der Waals surface area (Å²) in [5.74, 6) is 0. The van der Waals surface area contributed by atoms with Crippen LogP contribution in [0.15, 0.2) is 12.3 Å². The summed E-state index contributed by atoms with van der Waals surface area (Å²) in [6.45, 7) is 1.11. The molecule has 0 saturated carbocycles. The summed E-state index contributed by atoms with van der Waals surface area (Å²) in [5, 5.41) is 2.96. The maximum atomic E-state index is 12.2. The molecule has 2 nitrogen and oxygen atoms in total. The summed E-state index contributed by atoms with van der Waals surface area (Å²) in [6, 6.07) is 1.11. The van der Waals surface area contributed by atoms with Crippen molar-refractivity contribution in [1.29, 1.82) is 0 Å². The molecule has 0 amide bonds. The van der Waals surface area contributed by atoms with E-state index in [2.05, 4.69) is 10.3 Å². The van der Waals surface area contributed by atoms with Crippen molar-refractivity contribution in [3.05, 3.63) is 29.1 Å². The average molecular weight is 188 g/mol. The molecule has 1 aromatic heterocycles. The Bertz CT molecular complexity index is 333. The van der Waals surface area contributed by atoms with Crippen molar-refractivity contribution in [3.8, 4) is 0 Å². The van der Waals surface area contributed by atoms with Gasteiger partial charge in [-0.05, 0) is 17.2 Å². The third-order valence-electron chi connectivity index (χ3n) is 2.00. The predicted octanol–water partition coefficient (Wildman–Crippen LogP) is 1.70. The second-order valence-corrected chi connectivity index (χ2v) is 2.94. The monoisotopic (exact) mass is 188 g/mol. The molecule has 2 rings (SSSR count). The molecule has 1 aliphatic rings. The van der Waals surface area contributed by atoms with Gasteiger partial charge < -0.3 is 5.32 Å². The molecular weight excluding hydrogens is 181 g/mol. The molecule has 13 heavy (non-hydrogen) atoms. The first-order valence-corrected chi connectivity index (χ1v) is 3.83. The molecule has 0 bridgehead atoms. The van der Waals surface area contributed by atoms with Gasteiger partial charge in [-0.3, -0.25) is 4.98 Å². The highest BCUT2D eigenvalue weighted by Gasteiger charge is 2.33. The Morgan fingerprint density at radius 1 is 1.23 bits per heavy atom. The Hall–Kier alpha value is -1.10. The standard InChI is InChI=1S/C8H7F3N2/c9-8(10,11)7-1-5-2-12-3-6(5)4-13-7/h1,4,12H,2-3H2. The number of alkyl halides is 3. The van der Waals surface area contributed by atoms with E-state index in [4.69, 9.17) is 0 Å². The zero-order valence-corrected chi connectivity index (χ0v) is 6.65. The molecule has 0 fully saturated rings. The molecule has 70 valence electrons. The highest BCUT2D eigenvalue weighted by Crippen LogP contribution is 2.29. The van der Waals surface area contributed by atoms with Gasteiger partial charge in [0.1, 0.15) is 5.69 Å². The van der Waals surface area contributed by atoms with Crippen molar-refractivity contribution >= 4 is 0 Å². The summed E-state index contributed by atoms with van der Waals surface area (Å²) >= 11 is 0. The number of fused-ring (bicyclic) bond motifs is 1. The SMILES string of the molecule is FC(F)(F)c1cc2c(cn1)CNC2. The maximum absolute atomic E-state index is 12.2. The zero-order chi connectivity index (χ0) is 9.47. The van der Waals surface area contributed by atoms with Gasteiger partial charge >= 0.3 is 6.18 Å². The van der Waals surface area contributed by atoms with Crippen LogP contribution >= 0.6 is 0 Å². The third kappa shape index (κ3) is 1.51. The topological polar surface area (TPSA) is 24.9 Å². The minimum Gasteiger partial charge on any atom is -0.309 e. The van der Waals surface area contributed by atoms with Crippen LogP contribution in [0.2, 0.25) is 0 Å². The Morgan fingerprint density at radius 3 is 2.62 bits per heavy atom. The molecule has 0 spiro atoms. The Morgan fingerprint density at radius 2 is 1.92 bits per heavy atom. The number of hydrogen-bond acceptors (Lipinski definition) is 2. The van der Waals surface area contributed by atoms with Gasteiger partial charge in [-0.1, -0.05) is 0 Å². The lowest BCUT2D eigenvalue weighted by Gasteiger charge is -2.06. The van der Waals surface area contributed by atoms with Gasteiger partial charge in [0.2, 0.25) is 0 Å². The summed E-state index contributed by atoms with van der Waals surface area (Å²) in [6.07, 6.45) is -3.05. The quantitative estimate of drug-likeness (QED) is 0.670. The number of halogens is 3. The second kappa shape index (κ2) is 2.70. The van der Waals surface area contributed by atoms with E-state index in [1.165, 1.54) is 6.20 Å². The first kappa shape index (κ1) is 8.50. The van der Waals surface area contributed by atoms with Crippen LogP contribution < -0.4 is 5.32 Å². The minimum atomic E-state index is -4.34. The van der Waals surface area contributed by atoms with Crippen molar-refractivity contribution in [2.45, 2.75) is 19.3 Å². The van der Waals surface area contributed by atoms with Crippen LogP contribution in [0.3, 0.4) is 0 Å².